The molecule has 1 aliphatic heterocycles. The molecular weight excluding hydrogens is 459 g/mol. The Morgan fingerprint density at radius 2 is 1.80 bits per heavy atom. The molecular formula is C22H25FN8O4. The molecule has 12 nitrogen and oxygen atoms in total. The van der Waals surface area contributed by atoms with Gasteiger partial charge < -0.3 is 14.5 Å². The monoisotopic (exact) mass is 484 g/mol. The number of ether oxygens (including phenoxy) is 1. The van der Waals surface area contributed by atoms with E-state index < -0.39 is 17.6 Å². The van der Waals surface area contributed by atoms with E-state index in [0.29, 0.717) is 26.2 Å². The van der Waals surface area contributed by atoms with E-state index in [1.54, 1.807) is 17.0 Å². The van der Waals surface area contributed by atoms with Gasteiger partial charge in [0.1, 0.15) is 5.82 Å². The molecule has 0 saturated carbocycles. The van der Waals surface area contributed by atoms with Gasteiger partial charge in [0.15, 0.2) is 0 Å². The molecule has 35 heavy (non-hydrogen) atoms. The van der Waals surface area contributed by atoms with Crippen molar-refractivity contribution in [1.82, 2.24) is 39.5 Å². The Kier molecular flexibility index (Phi) is 6.96. The number of methoxy groups -OCH3 is 1. The van der Waals surface area contributed by atoms with E-state index in [4.69, 9.17) is 4.74 Å². The van der Waals surface area contributed by atoms with E-state index in [0.717, 1.165) is 27.9 Å². The number of aromatic nitrogens is 5. The summed E-state index contributed by atoms with van der Waals surface area (Å²) in [7, 11) is 4.22. The zero-order chi connectivity index (χ0) is 25.1. The van der Waals surface area contributed by atoms with Crippen LogP contribution in [0.2, 0.25) is 0 Å². The van der Waals surface area contributed by atoms with E-state index in [9.17, 15) is 18.8 Å². The Balaban J connectivity index is 1.55. The van der Waals surface area contributed by atoms with Crippen molar-refractivity contribution in [2.24, 2.45) is 0 Å². The molecule has 1 aliphatic rings. The summed E-state index contributed by atoms with van der Waals surface area (Å²) in [5.41, 5.74) is 0.874. The van der Waals surface area contributed by atoms with Gasteiger partial charge in [0.05, 0.1) is 7.11 Å². The van der Waals surface area contributed by atoms with Crippen LogP contribution in [0.1, 0.15) is 33.1 Å². The first-order chi connectivity index (χ1) is 16.8. The number of carbonyl (C=O) groups is 3. The minimum atomic E-state index is -0.924. The van der Waals surface area contributed by atoms with Crippen LogP contribution in [0.4, 0.5) is 4.39 Å². The fourth-order valence-corrected chi connectivity index (χ4v) is 3.77. The second kappa shape index (κ2) is 10.1. The van der Waals surface area contributed by atoms with E-state index in [-0.39, 0.29) is 29.0 Å². The molecule has 3 heterocycles. The van der Waals surface area contributed by atoms with Gasteiger partial charge in [-0.15, -0.1) is 10.2 Å². The summed E-state index contributed by atoms with van der Waals surface area (Å²) in [5, 5.41) is 11.8. The predicted octanol–water partition coefficient (Wildman–Crippen LogP) is 0.286. The lowest BCUT2D eigenvalue weighted by atomic mass is 10.2. The average molecular weight is 484 g/mol. The van der Waals surface area contributed by atoms with E-state index in [1.807, 2.05) is 0 Å². The molecule has 2 aromatic heterocycles. The number of rotatable bonds is 6. The highest BCUT2D eigenvalue weighted by Crippen LogP contribution is 2.18. The second-order valence-corrected chi connectivity index (χ2v) is 8.28. The third kappa shape index (κ3) is 5.09. The lowest BCUT2D eigenvalue weighted by Crippen LogP contribution is -2.36. The smallest absolute Gasteiger partial charge is 0.297 e. The van der Waals surface area contributed by atoms with Gasteiger partial charge in [-0.05, 0) is 24.1 Å². The van der Waals surface area contributed by atoms with Crippen LogP contribution in [0, 0.1) is 5.82 Å². The van der Waals surface area contributed by atoms with E-state index in [2.05, 4.69) is 25.2 Å². The molecule has 0 spiro atoms. The van der Waals surface area contributed by atoms with Crippen LogP contribution in [0.5, 0.6) is 5.88 Å². The molecule has 13 heteroatoms. The zero-order valence-electron chi connectivity index (χ0n) is 19.6. The first-order valence-corrected chi connectivity index (χ1v) is 11.0. The third-order valence-electron chi connectivity index (χ3n) is 5.62. The minimum absolute atomic E-state index is 0.0553. The van der Waals surface area contributed by atoms with Crippen LogP contribution in [-0.4, -0.2) is 104 Å². The van der Waals surface area contributed by atoms with Gasteiger partial charge >= 0.3 is 0 Å². The molecule has 2 amide bonds. The first-order valence-electron chi connectivity index (χ1n) is 11.0. The van der Waals surface area contributed by atoms with Gasteiger partial charge in [-0.3, -0.25) is 19.3 Å². The number of hydrogen-bond acceptors (Lipinski definition) is 9. The van der Waals surface area contributed by atoms with E-state index >= 15 is 0 Å². The molecule has 0 atom stereocenters. The summed E-state index contributed by atoms with van der Waals surface area (Å²) < 4.78 is 19.4. The Labute approximate surface area is 200 Å². The molecule has 184 valence electrons. The highest BCUT2D eigenvalue weighted by molar-refractivity contribution is 6.41. The molecule has 1 fully saturated rings. The standard InChI is InChI=1S/C22H25FN8O4/c1-28(2)21(34)17(32)18-25-26-22-24-19(35-3)16(27-31(18)22)20(33)30-10-4-9-29(11-12-30)13-14-5-7-15(23)8-6-14/h5-8H,4,9-13H2,1-3H3. The fraction of sp³-hybridized carbons (Fsp3) is 0.409. The Hall–Kier alpha value is -4.00. The summed E-state index contributed by atoms with van der Waals surface area (Å²) in [4.78, 5) is 47.1. The van der Waals surface area contributed by atoms with Crippen molar-refractivity contribution >= 4 is 23.4 Å². The lowest BCUT2D eigenvalue weighted by Gasteiger charge is -2.22. The number of ketones is 1. The maximum Gasteiger partial charge on any atom is 0.297 e. The number of fused-ring (bicyclic) bond motifs is 1. The van der Waals surface area contributed by atoms with Crippen LogP contribution < -0.4 is 4.74 Å². The zero-order valence-corrected chi connectivity index (χ0v) is 19.6. The Bertz CT molecular complexity index is 1260. The number of amides is 2. The molecule has 4 rings (SSSR count). The van der Waals surface area contributed by atoms with Crippen molar-refractivity contribution in [3.63, 3.8) is 0 Å². The summed E-state index contributed by atoms with van der Waals surface area (Å²) in [6.45, 7) is 2.92. The summed E-state index contributed by atoms with van der Waals surface area (Å²) in [6.07, 6.45) is 0.721. The van der Waals surface area contributed by atoms with E-state index in [1.165, 1.54) is 33.3 Å². The van der Waals surface area contributed by atoms with Gasteiger partial charge in [0.25, 0.3) is 29.3 Å². The molecule has 0 radical (unpaired) electrons. The van der Waals surface area contributed by atoms with Crippen molar-refractivity contribution in [2.75, 3.05) is 47.4 Å². The van der Waals surface area contributed by atoms with Gasteiger partial charge in [-0.25, -0.2) is 4.39 Å². The van der Waals surface area contributed by atoms with Crippen molar-refractivity contribution in [3.05, 3.63) is 47.2 Å². The summed E-state index contributed by atoms with van der Waals surface area (Å²) >= 11 is 0. The van der Waals surface area contributed by atoms with Crippen LogP contribution in [-0.2, 0) is 11.3 Å². The lowest BCUT2D eigenvalue weighted by molar-refractivity contribution is -0.124. The first kappa shape index (κ1) is 24.1. The average Bonchev–Trinajstić information content (AvgIpc) is 3.13. The molecule has 0 N–H and O–H groups in total. The van der Waals surface area contributed by atoms with Gasteiger partial charge in [-0.2, -0.15) is 14.6 Å². The quantitative estimate of drug-likeness (QED) is 0.358. The number of halogens is 1. The van der Waals surface area contributed by atoms with Crippen LogP contribution in [0.25, 0.3) is 5.78 Å². The SMILES string of the molecule is COc1nc2nnc(C(=O)C(=O)N(C)C)n2nc1C(=O)N1CCCN(Cc2ccc(F)cc2)CC1. The second-order valence-electron chi connectivity index (χ2n) is 8.28. The summed E-state index contributed by atoms with van der Waals surface area (Å²) in [5.74, 6) is -2.91. The third-order valence-corrected chi connectivity index (χ3v) is 5.62. The topological polar surface area (TPSA) is 126 Å². The van der Waals surface area contributed by atoms with Gasteiger partial charge in [0, 0.05) is 46.8 Å². The van der Waals surface area contributed by atoms with Gasteiger partial charge in [-0.1, -0.05) is 12.1 Å². The highest BCUT2D eigenvalue weighted by Gasteiger charge is 2.30. The number of Topliss-reactive ketones (excluding diaryl/α,β-unsaturated/α-hetero) is 1. The molecule has 1 aromatic carbocycles. The number of hydrogen-bond donors (Lipinski definition) is 0. The maximum atomic E-state index is 13.4. The van der Waals surface area contributed by atoms with Crippen LogP contribution >= 0.6 is 0 Å². The maximum absolute atomic E-state index is 13.4. The molecule has 1 saturated heterocycles. The normalized spacial score (nSPS) is 14.6. The predicted molar refractivity (Wildman–Crippen MR) is 120 cm³/mol. The molecule has 0 aliphatic carbocycles. The number of carbonyl (C=O) groups excluding carboxylic acids is 3. The van der Waals surface area contributed by atoms with Crippen molar-refractivity contribution in [1.29, 1.82) is 0 Å². The Morgan fingerprint density at radius 1 is 1.06 bits per heavy atom. The van der Waals surface area contributed by atoms with Crippen molar-refractivity contribution in [2.45, 2.75) is 13.0 Å². The minimum Gasteiger partial charge on any atom is -0.479 e. The Morgan fingerprint density at radius 3 is 2.49 bits per heavy atom. The van der Waals surface area contributed by atoms with Crippen molar-refractivity contribution < 1.29 is 23.5 Å². The number of nitrogens with zero attached hydrogens (tertiary/aromatic N) is 8. The number of benzene rings is 1. The molecule has 0 unspecified atom stereocenters. The number of likely N-dealkylation sites (N-methyl/N-ethyl adjacent to an activating group) is 1. The molecule has 0 bridgehead atoms. The summed E-state index contributed by atoms with van der Waals surface area (Å²) in [6, 6.07) is 6.36. The highest BCUT2D eigenvalue weighted by atomic mass is 19.1. The van der Waals surface area contributed by atoms with Crippen LogP contribution in [0.3, 0.4) is 0 Å². The largest absolute Gasteiger partial charge is 0.479 e. The van der Waals surface area contributed by atoms with Crippen LogP contribution in [0.15, 0.2) is 24.3 Å². The van der Waals surface area contributed by atoms with Gasteiger partial charge in [0.2, 0.25) is 11.5 Å². The fourth-order valence-electron chi connectivity index (χ4n) is 3.77. The van der Waals surface area contributed by atoms with Crippen molar-refractivity contribution in [3.8, 4) is 5.88 Å². The molecule has 3 aromatic rings.